The van der Waals surface area contributed by atoms with E-state index in [1.165, 1.54) is 30.3 Å². The van der Waals surface area contributed by atoms with Crippen LogP contribution in [0.15, 0.2) is 106 Å². The number of amides is 6. The van der Waals surface area contributed by atoms with E-state index in [9.17, 15) is 69.7 Å². The normalized spacial score (nSPS) is 28.4. The Balaban J connectivity index is 0.665. The number of hydrogen-bond donors (Lipinski definition) is 8. The lowest BCUT2D eigenvalue weighted by atomic mass is 9.42. The van der Waals surface area contributed by atoms with Crippen LogP contribution in [0.25, 0.3) is 0 Å². The molecule has 4 aliphatic heterocycles. The Bertz CT molecular complexity index is 3910. The number of nitrogens with one attached hydrogen (secondary N) is 4. The summed E-state index contributed by atoms with van der Waals surface area (Å²) < 4.78 is 81.9. The monoisotopic (exact) mass is 1390 g/mol. The molecule has 98 heavy (non-hydrogen) atoms. The lowest BCUT2D eigenvalue weighted by Crippen LogP contribution is -2.67. The summed E-state index contributed by atoms with van der Waals surface area (Å²) in [6.07, 6.45) is 21.3. The van der Waals surface area contributed by atoms with Crippen molar-refractivity contribution in [1.29, 1.82) is 0 Å². The minimum absolute atomic E-state index is 0.00789. The van der Waals surface area contributed by atoms with Gasteiger partial charge in [0.25, 0.3) is 32.1 Å². The third-order valence-corrected chi connectivity index (χ3v) is 24.7. The molecule has 0 aromatic heterocycles. The van der Waals surface area contributed by atoms with Crippen LogP contribution in [0.3, 0.4) is 0 Å². The fraction of sp³-hybridized carbons (Fsp3) is 0.583. The van der Waals surface area contributed by atoms with E-state index >= 15 is 0 Å². The molecular formula is C72H96N7O17S2+. The van der Waals surface area contributed by atoms with Crippen molar-refractivity contribution < 1.29 is 83.8 Å². The molecule has 2 aromatic rings. The SMILES string of the molecule is CCN1C(=CC=CC=CC2=[N+](CCCCCC(=O)NCCCCC(NC(=O)CN3C(=O)C=CC3=O)C(=O)NCCNC(=O)CO[C@H]3CC[C@]4(C)C5C[C@@H](O)[C@]6(C)[C@@H](C7=CC(=O)OC7)CC[C@]6(O)C5CC[C@@H]4C3)c3ccc(S(=O)(=O)O)cc3C2(C)C)C(C)(C)c2cc(S(=O)(=O)O)ccc21. The number of imide groups is 1. The third-order valence-electron chi connectivity index (χ3n) is 23.0. The lowest BCUT2D eigenvalue weighted by molar-refractivity contribution is -0.438. The maximum absolute atomic E-state index is 13.6. The summed E-state index contributed by atoms with van der Waals surface area (Å²) in [7, 11) is -8.91. The van der Waals surface area contributed by atoms with Gasteiger partial charge in [-0.25, -0.2) is 4.79 Å². The molecule has 0 radical (unpaired) electrons. The summed E-state index contributed by atoms with van der Waals surface area (Å²) >= 11 is 0. The molecule has 10 atom stereocenters. The summed E-state index contributed by atoms with van der Waals surface area (Å²) in [6, 6.07) is 8.09. The predicted octanol–water partition coefficient (Wildman–Crippen LogP) is 6.47. The Hall–Kier alpha value is -7.20. The molecule has 26 heteroatoms. The first-order valence-corrected chi connectivity index (χ1v) is 37.4. The minimum Gasteiger partial charge on any atom is -0.458 e. The summed E-state index contributed by atoms with van der Waals surface area (Å²) in [6.45, 7) is 15.2. The second kappa shape index (κ2) is 29.2. The summed E-state index contributed by atoms with van der Waals surface area (Å²) in [5.41, 5.74) is 2.51. The number of carbonyl (C=O) groups excluding carboxylic acids is 7. The first-order chi connectivity index (χ1) is 46.2. The van der Waals surface area contributed by atoms with Crippen LogP contribution in [-0.4, -0.2) is 169 Å². The topological polar surface area (TPSA) is 345 Å². The van der Waals surface area contributed by atoms with E-state index in [0.29, 0.717) is 70.0 Å². The lowest BCUT2D eigenvalue weighted by Gasteiger charge is -2.65. The highest BCUT2D eigenvalue weighted by Crippen LogP contribution is 2.70. The molecule has 2 aromatic carbocycles. The van der Waals surface area contributed by atoms with Crippen LogP contribution in [0.5, 0.6) is 0 Å². The zero-order valence-corrected chi connectivity index (χ0v) is 58.8. The highest BCUT2D eigenvalue weighted by atomic mass is 32.2. The zero-order chi connectivity index (χ0) is 70.9. The number of aliphatic hydroxyl groups is 2. The number of benzene rings is 2. The van der Waals surface area contributed by atoms with Crippen LogP contribution in [0.2, 0.25) is 0 Å². The average Bonchev–Trinajstić information content (AvgIpc) is 1.60. The number of ether oxygens (including phenoxy) is 2. The predicted molar refractivity (Wildman–Crippen MR) is 364 cm³/mol. The van der Waals surface area contributed by atoms with Crippen molar-refractivity contribution in [2.24, 2.45) is 34.5 Å². The van der Waals surface area contributed by atoms with Gasteiger partial charge in [0, 0.05) is 97.2 Å². The zero-order valence-electron chi connectivity index (χ0n) is 57.1. The summed E-state index contributed by atoms with van der Waals surface area (Å²) in [5.74, 6) is -3.23. The van der Waals surface area contributed by atoms with E-state index in [2.05, 4.69) is 37.7 Å². The molecule has 532 valence electrons. The van der Waals surface area contributed by atoms with Gasteiger partial charge >= 0.3 is 5.97 Å². The second-order valence-electron chi connectivity index (χ2n) is 29.2. The Morgan fingerprint density at radius 3 is 2.13 bits per heavy atom. The maximum Gasteiger partial charge on any atom is 0.331 e. The summed E-state index contributed by atoms with van der Waals surface area (Å²) in [4.78, 5) is 92.0. The van der Waals surface area contributed by atoms with Gasteiger partial charge in [-0.15, -0.1) is 0 Å². The van der Waals surface area contributed by atoms with Gasteiger partial charge in [-0.2, -0.15) is 21.4 Å². The number of aliphatic hydroxyl groups excluding tert-OH is 1. The van der Waals surface area contributed by atoms with E-state index < -0.39 is 84.4 Å². The van der Waals surface area contributed by atoms with E-state index in [1.807, 2.05) is 71.9 Å². The van der Waals surface area contributed by atoms with Gasteiger partial charge in [0.1, 0.15) is 32.3 Å². The smallest absolute Gasteiger partial charge is 0.331 e. The van der Waals surface area contributed by atoms with E-state index in [1.54, 1.807) is 12.1 Å². The third kappa shape index (κ3) is 14.8. The number of hydrogen-bond acceptors (Lipinski definition) is 16. The van der Waals surface area contributed by atoms with Crippen LogP contribution in [0, 0.1) is 34.5 Å². The number of anilines is 1. The van der Waals surface area contributed by atoms with Crippen LogP contribution in [0.1, 0.15) is 156 Å². The van der Waals surface area contributed by atoms with Crippen LogP contribution in [0.4, 0.5) is 11.4 Å². The molecule has 10 rings (SSSR count). The second-order valence-corrected chi connectivity index (χ2v) is 32.1. The number of nitrogens with zero attached hydrogens (tertiary/aromatic N) is 3. The van der Waals surface area contributed by atoms with Gasteiger partial charge in [-0.05, 0) is 181 Å². The fourth-order valence-electron chi connectivity index (χ4n) is 17.6. The molecule has 8 N–H and O–H groups in total. The van der Waals surface area contributed by atoms with Gasteiger partial charge in [-0.3, -0.25) is 42.8 Å². The van der Waals surface area contributed by atoms with Crippen molar-refractivity contribution in [1.82, 2.24) is 26.2 Å². The number of carbonyl (C=O) groups is 7. The Kier molecular flexibility index (Phi) is 21.9. The number of likely N-dealkylation sites (N-methyl/N-ethyl adjacent to an activating group) is 1. The number of allylic oxidation sites excluding steroid dienone is 6. The van der Waals surface area contributed by atoms with Crippen LogP contribution in [-0.2, 0) is 74.1 Å². The molecule has 8 aliphatic rings. The number of fused-ring (bicyclic) bond motifs is 7. The number of unbranched alkanes of at least 4 members (excludes halogenated alkanes) is 3. The molecular weight excluding hydrogens is 1300 g/mol. The average molecular weight is 1400 g/mol. The van der Waals surface area contributed by atoms with Crippen molar-refractivity contribution in [2.45, 2.75) is 189 Å². The minimum atomic E-state index is -4.50. The highest BCUT2D eigenvalue weighted by molar-refractivity contribution is 7.86. The van der Waals surface area contributed by atoms with Gasteiger partial charge in [0.15, 0.2) is 5.71 Å². The fourth-order valence-corrected chi connectivity index (χ4v) is 18.6. The molecule has 4 aliphatic carbocycles. The number of rotatable bonds is 28. The van der Waals surface area contributed by atoms with Crippen molar-refractivity contribution >= 4 is 78.7 Å². The highest BCUT2D eigenvalue weighted by Gasteiger charge is 2.71. The first kappa shape index (κ1) is 73.5. The molecule has 0 spiro atoms. The van der Waals surface area contributed by atoms with Gasteiger partial charge < -0.3 is 45.9 Å². The van der Waals surface area contributed by atoms with Crippen molar-refractivity contribution in [3.05, 3.63) is 107 Å². The quantitative estimate of drug-likeness (QED) is 0.0113. The first-order valence-electron chi connectivity index (χ1n) is 34.5. The number of cyclic esters (lactones) is 1. The molecule has 0 saturated heterocycles. The Morgan fingerprint density at radius 2 is 1.44 bits per heavy atom. The van der Waals surface area contributed by atoms with Gasteiger partial charge in [0.05, 0.1) is 33.0 Å². The molecule has 24 nitrogen and oxygen atoms in total. The molecule has 0 bridgehead atoms. The Labute approximate surface area is 574 Å². The van der Waals surface area contributed by atoms with E-state index in [4.69, 9.17) is 9.47 Å². The maximum atomic E-state index is 13.6. The van der Waals surface area contributed by atoms with Crippen molar-refractivity contribution in [3.63, 3.8) is 0 Å². The van der Waals surface area contributed by atoms with Gasteiger partial charge in [0.2, 0.25) is 29.3 Å². The van der Waals surface area contributed by atoms with E-state index in [0.717, 1.165) is 83.1 Å². The van der Waals surface area contributed by atoms with Crippen molar-refractivity contribution in [2.75, 3.05) is 57.4 Å². The summed E-state index contributed by atoms with van der Waals surface area (Å²) in [5, 5.41) is 35.7. The standard InChI is InChI=1S/C72H95N7O17S2/c1-8-77-56-25-22-48(97(89,90)91)39-53(56)68(2,3)58(77)18-11-9-12-19-59-69(4,5)54-40-49(98(92,93)94)23-26-57(54)78(59)36-16-10-13-20-61(81)73-33-15-14-17-55(76-62(82)42-79-64(84)27-28-65(79)85)67(87)75-35-34-74-63(83)44-95-47-29-31-70(6)46(38-47)21-24-51-52(70)41-60(80)71(7)50(30-32-72(51,71)88)45-37-66(86)96-43-45/h9,11-12,18-19,22-23,25-28,37,39-40,46-47,50-52,55,60,80,88H,8,10,13-17,20-21,24,29-36,38,41-44H2,1-7H3,(H5-,73,74,75,76,81,82,83,87,89,90,91,92,93,94)/p+1/t46-,47+,50-,51?,52?,55?,60-,70+,71+,72+/m1/s1. The van der Waals surface area contributed by atoms with Gasteiger partial charge in [-0.1, -0.05) is 45.9 Å². The van der Waals surface area contributed by atoms with E-state index in [-0.39, 0.29) is 108 Å². The van der Waals surface area contributed by atoms with Crippen LogP contribution < -0.4 is 26.2 Å². The molecule has 4 saturated carbocycles. The largest absolute Gasteiger partial charge is 0.458 e. The Morgan fingerprint density at radius 1 is 0.745 bits per heavy atom. The van der Waals surface area contributed by atoms with Crippen LogP contribution >= 0.6 is 0 Å². The molecule has 4 heterocycles. The molecule has 4 fully saturated rings. The number of esters is 1. The molecule has 6 amide bonds. The molecule has 3 unspecified atom stereocenters. The van der Waals surface area contributed by atoms with Crippen molar-refractivity contribution in [3.8, 4) is 0 Å².